The lowest BCUT2D eigenvalue weighted by atomic mass is 10.0. The highest BCUT2D eigenvalue weighted by Crippen LogP contribution is 2.21. The molecule has 0 atom stereocenters. The first kappa shape index (κ1) is 14.4. The van der Waals surface area contributed by atoms with Crippen LogP contribution in [0, 0.1) is 6.92 Å². The fourth-order valence-corrected chi connectivity index (χ4v) is 2.27. The van der Waals surface area contributed by atoms with E-state index >= 15 is 0 Å². The molecule has 2 rings (SSSR count). The second-order valence-corrected chi connectivity index (χ2v) is 4.78. The Kier molecular flexibility index (Phi) is 4.99. The minimum Gasteiger partial charge on any atom is -0.496 e. The number of hydrogen-bond acceptors (Lipinski definition) is 3. The third-order valence-corrected chi connectivity index (χ3v) is 3.24. The average Bonchev–Trinajstić information content (AvgIpc) is 2.48. The van der Waals surface area contributed by atoms with Crippen molar-refractivity contribution in [2.24, 2.45) is 4.99 Å². The van der Waals surface area contributed by atoms with Gasteiger partial charge in [0.1, 0.15) is 5.76 Å². The van der Waals surface area contributed by atoms with Crippen LogP contribution in [0.4, 0.5) is 0 Å². The SMILES string of the molecule is COC1=CCCC=C1C(=NCc1cccc(C)c1)OC. The summed E-state index contributed by atoms with van der Waals surface area (Å²) in [4.78, 5) is 4.58. The van der Waals surface area contributed by atoms with Crippen LogP contribution in [0.2, 0.25) is 0 Å². The van der Waals surface area contributed by atoms with E-state index in [1.54, 1.807) is 14.2 Å². The minimum atomic E-state index is 0.610. The highest BCUT2D eigenvalue weighted by atomic mass is 16.5. The number of nitrogens with zero attached hydrogens (tertiary/aromatic N) is 1. The highest BCUT2D eigenvalue weighted by Gasteiger charge is 2.16. The van der Waals surface area contributed by atoms with Crippen molar-refractivity contribution in [3.05, 3.63) is 58.9 Å². The summed E-state index contributed by atoms with van der Waals surface area (Å²) in [6.45, 7) is 2.69. The van der Waals surface area contributed by atoms with Crippen molar-refractivity contribution >= 4 is 5.90 Å². The van der Waals surface area contributed by atoms with Gasteiger partial charge in [0.2, 0.25) is 5.90 Å². The molecule has 1 aromatic rings. The third-order valence-electron chi connectivity index (χ3n) is 3.24. The van der Waals surface area contributed by atoms with Gasteiger partial charge in [-0.2, -0.15) is 0 Å². The Bertz CT molecular complexity index is 556. The molecule has 0 amide bonds. The lowest BCUT2D eigenvalue weighted by Crippen LogP contribution is -2.12. The number of aliphatic imine (C=N–C) groups is 1. The van der Waals surface area contributed by atoms with Gasteiger partial charge in [0.05, 0.1) is 26.3 Å². The third kappa shape index (κ3) is 3.50. The maximum atomic E-state index is 5.43. The molecule has 0 aromatic heterocycles. The van der Waals surface area contributed by atoms with E-state index in [2.05, 4.69) is 42.3 Å². The Morgan fingerprint density at radius 2 is 2.00 bits per heavy atom. The van der Waals surface area contributed by atoms with E-state index in [4.69, 9.17) is 9.47 Å². The molecule has 0 fully saturated rings. The van der Waals surface area contributed by atoms with E-state index in [1.165, 1.54) is 11.1 Å². The molecule has 106 valence electrons. The predicted molar refractivity (Wildman–Crippen MR) is 81.7 cm³/mol. The number of aryl methyl sites for hydroxylation is 1. The van der Waals surface area contributed by atoms with Crippen molar-refractivity contribution in [1.82, 2.24) is 0 Å². The molecular weight excluding hydrogens is 250 g/mol. The quantitative estimate of drug-likeness (QED) is 0.616. The topological polar surface area (TPSA) is 30.8 Å². The Labute approximate surface area is 120 Å². The van der Waals surface area contributed by atoms with Crippen LogP contribution in [0.1, 0.15) is 24.0 Å². The van der Waals surface area contributed by atoms with Crippen molar-refractivity contribution in [2.75, 3.05) is 14.2 Å². The van der Waals surface area contributed by atoms with Crippen molar-refractivity contribution in [2.45, 2.75) is 26.3 Å². The van der Waals surface area contributed by atoms with E-state index in [1.807, 2.05) is 6.07 Å². The van der Waals surface area contributed by atoms with E-state index < -0.39 is 0 Å². The van der Waals surface area contributed by atoms with Gasteiger partial charge in [0.15, 0.2) is 0 Å². The van der Waals surface area contributed by atoms with Crippen LogP contribution < -0.4 is 0 Å². The fourth-order valence-electron chi connectivity index (χ4n) is 2.27. The van der Waals surface area contributed by atoms with Gasteiger partial charge in [-0.25, -0.2) is 4.99 Å². The molecule has 0 N–H and O–H groups in total. The average molecular weight is 271 g/mol. The molecule has 0 saturated heterocycles. The second kappa shape index (κ2) is 6.94. The largest absolute Gasteiger partial charge is 0.496 e. The monoisotopic (exact) mass is 271 g/mol. The van der Waals surface area contributed by atoms with E-state index in [9.17, 15) is 0 Å². The van der Waals surface area contributed by atoms with Gasteiger partial charge in [0, 0.05) is 0 Å². The Balaban J connectivity index is 2.17. The molecule has 0 heterocycles. The van der Waals surface area contributed by atoms with E-state index in [-0.39, 0.29) is 0 Å². The molecular formula is C17H21NO2. The Morgan fingerprint density at radius 1 is 1.20 bits per heavy atom. The van der Waals surface area contributed by atoms with Crippen LogP contribution in [0.15, 0.2) is 52.7 Å². The first-order valence-corrected chi connectivity index (χ1v) is 6.83. The van der Waals surface area contributed by atoms with Gasteiger partial charge in [-0.3, -0.25) is 0 Å². The van der Waals surface area contributed by atoms with Crippen LogP contribution in [-0.4, -0.2) is 20.1 Å². The van der Waals surface area contributed by atoms with Crippen LogP contribution in [0.3, 0.4) is 0 Å². The fraction of sp³-hybridized carbons (Fsp3) is 0.353. The molecule has 1 aromatic carbocycles. The van der Waals surface area contributed by atoms with Crippen molar-refractivity contribution < 1.29 is 9.47 Å². The maximum Gasteiger partial charge on any atom is 0.219 e. The number of methoxy groups -OCH3 is 2. The first-order chi connectivity index (χ1) is 9.74. The summed E-state index contributed by atoms with van der Waals surface area (Å²) in [5.41, 5.74) is 3.37. The molecule has 3 nitrogen and oxygen atoms in total. The molecule has 1 aliphatic rings. The number of allylic oxidation sites excluding steroid dienone is 2. The molecule has 1 aliphatic carbocycles. The first-order valence-electron chi connectivity index (χ1n) is 6.83. The summed E-state index contributed by atoms with van der Waals surface area (Å²) >= 11 is 0. The second-order valence-electron chi connectivity index (χ2n) is 4.78. The van der Waals surface area contributed by atoms with Gasteiger partial charge >= 0.3 is 0 Å². The van der Waals surface area contributed by atoms with Gasteiger partial charge in [0.25, 0.3) is 0 Å². The molecule has 0 spiro atoms. The summed E-state index contributed by atoms with van der Waals surface area (Å²) in [6, 6.07) is 8.35. The van der Waals surface area contributed by atoms with Crippen molar-refractivity contribution in [3.8, 4) is 0 Å². The molecule has 20 heavy (non-hydrogen) atoms. The summed E-state index contributed by atoms with van der Waals surface area (Å²) < 4.78 is 10.8. The number of ether oxygens (including phenoxy) is 2. The van der Waals surface area contributed by atoms with E-state index in [0.29, 0.717) is 12.4 Å². The zero-order valence-electron chi connectivity index (χ0n) is 12.3. The van der Waals surface area contributed by atoms with Crippen LogP contribution in [0.5, 0.6) is 0 Å². The van der Waals surface area contributed by atoms with Crippen LogP contribution in [0.25, 0.3) is 0 Å². The molecule has 0 bridgehead atoms. The summed E-state index contributed by atoms with van der Waals surface area (Å²) in [5.74, 6) is 1.49. The Morgan fingerprint density at radius 3 is 2.70 bits per heavy atom. The number of hydrogen-bond donors (Lipinski definition) is 0. The molecule has 0 unspecified atom stereocenters. The normalized spacial score (nSPS) is 15.4. The summed E-state index contributed by atoms with van der Waals surface area (Å²) in [6.07, 6.45) is 6.20. The van der Waals surface area contributed by atoms with Crippen LogP contribution >= 0.6 is 0 Å². The van der Waals surface area contributed by atoms with Gasteiger partial charge in [-0.1, -0.05) is 35.9 Å². The predicted octanol–water partition coefficient (Wildman–Crippen LogP) is 3.79. The van der Waals surface area contributed by atoms with Gasteiger partial charge < -0.3 is 9.47 Å². The minimum absolute atomic E-state index is 0.610. The highest BCUT2D eigenvalue weighted by molar-refractivity contribution is 5.97. The summed E-state index contributed by atoms with van der Waals surface area (Å²) in [5, 5.41) is 0. The Hall–Kier alpha value is -2.03. The lowest BCUT2D eigenvalue weighted by Gasteiger charge is -2.16. The van der Waals surface area contributed by atoms with Gasteiger partial charge in [-0.05, 0) is 31.4 Å². The van der Waals surface area contributed by atoms with Crippen LogP contribution in [-0.2, 0) is 16.0 Å². The molecule has 0 aliphatic heterocycles. The molecule has 0 saturated carbocycles. The molecule has 3 heteroatoms. The zero-order valence-corrected chi connectivity index (χ0v) is 12.3. The number of rotatable bonds is 4. The smallest absolute Gasteiger partial charge is 0.219 e. The van der Waals surface area contributed by atoms with Gasteiger partial charge in [-0.15, -0.1) is 0 Å². The molecule has 0 radical (unpaired) electrons. The van der Waals surface area contributed by atoms with E-state index in [0.717, 1.165) is 24.2 Å². The number of benzene rings is 1. The summed E-state index contributed by atoms with van der Waals surface area (Å²) in [7, 11) is 3.33. The lowest BCUT2D eigenvalue weighted by molar-refractivity contribution is 0.295. The maximum absolute atomic E-state index is 5.43. The van der Waals surface area contributed by atoms with Crippen molar-refractivity contribution in [3.63, 3.8) is 0 Å². The zero-order chi connectivity index (χ0) is 14.4. The van der Waals surface area contributed by atoms with Crippen molar-refractivity contribution in [1.29, 1.82) is 0 Å². The standard InChI is InChI=1S/C17H21NO2/c1-13-7-6-8-14(11-13)12-18-17(20-3)15-9-4-5-10-16(15)19-2/h6-11H,4-5,12H2,1-3H3.